The third-order valence-corrected chi connectivity index (χ3v) is 2.40. The van der Waals surface area contributed by atoms with E-state index in [2.05, 4.69) is 14.7 Å². The summed E-state index contributed by atoms with van der Waals surface area (Å²) in [6.07, 6.45) is -4.65. The first-order valence-corrected chi connectivity index (χ1v) is 5.11. The van der Waals surface area contributed by atoms with Gasteiger partial charge in [-0.2, -0.15) is 18.2 Å². The fourth-order valence-corrected chi connectivity index (χ4v) is 1.40. The number of aromatic nitrogens is 2. The molecule has 0 saturated heterocycles. The van der Waals surface area contributed by atoms with E-state index in [0.29, 0.717) is 5.56 Å². The van der Waals surface area contributed by atoms with E-state index in [9.17, 15) is 13.2 Å². The Kier molecular flexibility index (Phi) is 3.08. The van der Waals surface area contributed by atoms with Crippen molar-refractivity contribution < 1.29 is 17.7 Å². The van der Waals surface area contributed by atoms with E-state index in [1.807, 2.05) is 6.92 Å². The number of nitrogens with two attached hydrogens (primary N) is 1. The van der Waals surface area contributed by atoms with Gasteiger partial charge in [0.1, 0.15) is 0 Å². The topological polar surface area (TPSA) is 64.9 Å². The fraction of sp³-hybridized carbons (Fsp3) is 0.273. The SMILES string of the molecule is Cc1ccc(C(N)c2noc(C(F)(F)F)n2)cc1. The maximum atomic E-state index is 12.3. The smallest absolute Gasteiger partial charge is 0.329 e. The summed E-state index contributed by atoms with van der Waals surface area (Å²) in [5, 5.41) is 3.25. The van der Waals surface area contributed by atoms with Crippen LogP contribution in [0.15, 0.2) is 28.8 Å². The van der Waals surface area contributed by atoms with Crippen LogP contribution in [0.25, 0.3) is 0 Å². The summed E-state index contributed by atoms with van der Waals surface area (Å²) in [5.41, 5.74) is 7.41. The molecule has 96 valence electrons. The highest BCUT2D eigenvalue weighted by molar-refractivity contribution is 5.27. The minimum Gasteiger partial charge on any atom is -0.329 e. The van der Waals surface area contributed by atoms with Gasteiger partial charge in [-0.3, -0.25) is 0 Å². The van der Waals surface area contributed by atoms with Gasteiger partial charge in [-0.25, -0.2) is 0 Å². The molecule has 1 atom stereocenters. The molecule has 2 rings (SSSR count). The lowest BCUT2D eigenvalue weighted by Gasteiger charge is -2.07. The summed E-state index contributed by atoms with van der Waals surface area (Å²) in [4.78, 5) is 3.25. The molecule has 18 heavy (non-hydrogen) atoms. The monoisotopic (exact) mass is 257 g/mol. The maximum Gasteiger partial charge on any atom is 0.471 e. The average Bonchev–Trinajstić information content (AvgIpc) is 2.78. The van der Waals surface area contributed by atoms with Crippen LogP contribution in [0.1, 0.15) is 28.9 Å². The summed E-state index contributed by atoms with van der Waals surface area (Å²) >= 11 is 0. The molecular weight excluding hydrogens is 247 g/mol. The zero-order chi connectivity index (χ0) is 13.3. The van der Waals surface area contributed by atoms with Crippen LogP contribution in [0.5, 0.6) is 0 Å². The molecule has 0 fully saturated rings. The molecule has 0 amide bonds. The van der Waals surface area contributed by atoms with Crippen LogP contribution in [0.2, 0.25) is 0 Å². The maximum absolute atomic E-state index is 12.3. The minimum absolute atomic E-state index is 0.189. The summed E-state index contributed by atoms with van der Waals surface area (Å²) in [6.45, 7) is 1.89. The Morgan fingerprint density at radius 3 is 2.33 bits per heavy atom. The lowest BCUT2D eigenvalue weighted by Crippen LogP contribution is -2.14. The Balaban J connectivity index is 2.26. The molecule has 1 aromatic carbocycles. The molecule has 0 bridgehead atoms. The van der Waals surface area contributed by atoms with Crippen LogP contribution >= 0.6 is 0 Å². The van der Waals surface area contributed by atoms with Gasteiger partial charge in [-0.1, -0.05) is 35.0 Å². The van der Waals surface area contributed by atoms with Crippen LogP contribution in [0.3, 0.4) is 0 Å². The molecule has 0 radical (unpaired) electrons. The molecule has 0 aliphatic carbocycles. The standard InChI is InChI=1S/C11H10F3N3O/c1-6-2-4-7(5-3-6)8(15)9-16-10(18-17-9)11(12,13)14/h2-5,8H,15H2,1H3. The predicted molar refractivity (Wildman–Crippen MR) is 56.5 cm³/mol. The van der Waals surface area contributed by atoms with Gasteiger partial charge in [0.15, 0.2) is 5.82 Å². The molecule has 2 N–H and O–H groups in total. The molecule has 0 spiro atoms. The third kappa shape index (κ3) is 2.51. The lowest BCUT2D eigenvalue weighted by atomic mass is 10.1. The van der Waals surface area contributed by atoms with Gasteiger partial charge in [0.2, 0.25) is 0 Å². The zero-order valence-corrected chi connectivity index (χ0v) is 9.40. The predicted octanol–water partition coefficient (Wildman–Crippen LogP) is 2.44. The van der Waals surface area contributed by atoms with E-state index < -0.39 is 18.1 Å². The van der Waals surface area contributed by atoms with E-state index in [0.717, 1.165) is 5.56 Å². The number of hydrogen-bond donors (Lipinski definition) is 1. The van der Waals surface area contributed by atoms with Crippen molar-refractivity contribution in [3.63, 3.8) is 0 Å². The molecule has 2 aromatic rings. The van der Waals surface area contributed by atoms with Crippen molar-refractivity contribution >= 4 is 0 Å². The van der Waals surface area contributed by atoms with E-state index in [-0.39, 0.29) is 5.82 Å². The number of nitrogens with zero attached hydrogens (tertiary/aromatic N) is 2. The first-order chi connectivity index (χ1) is 8.38. The quantitative estimate of drug-likeness (QED) is 0.897. The van der Waals surface area contributed by atoms with Crippen molar-refractivity contribution in [1.82, 2.24) is 10.1 Å². The highest BCUT2D eigenvalue weighted by Crippen LogP contribution is 2.28. The average molecular weight is 257 g/mol. The summed E-state index contributed by atoms with van der Waals surface area (Å²) in [7, 11) is 0. The molecule has 1 heterocycles. The van der Waals surface area contributed by atoms with Crippen LogP contribution in [0, 0.1) is 6.92 Å². The van der Waals surface area contributed by atoms with Crippen molar-refractivity contribution in [3.8, 4) is 0 Å². The van der Waals surface area contributed by atoms with Gasteiger partial charge in [0.25, 0.3) is 0 Å². The van der Waals surface area contributed by atoms with Crippen molar-refractivity contribution in [2.45, 2.75) is 19.1 Å². The fourth-order valence-electron chi connectivity index (χ4n) is 1.40. The zero-order valence-electron chi connectivity index (χ0n) is 9.40. The molecule has 0 saturated carbocycles. The Morgan fingerprint density at radius 1 is 1.22 bits per heavy atom. The Morgan fingerprint density at radius 2 is 1.83 bits per heavy atom. The number of aryl methyl sites for hydroxylation is 1. The first-order valence-electron chi connectivity index (χ1n) is 5.11. The van der Waals surface area contributed by atoms with E-state index in [1.54, 1.807) is 24.3 Å². The van der Waals surface area contributed by atoms with Gasteiger partial charge < -0.3 is 10.3 Å². The second kappa shape index (κ2) is 4.41. The van der Waals surface area contributed by atoms with Crippen LogP contribution in [-0.2, 0) is 6.18 Å². The lowest BCUT2D eigenvalue weighted by molar-refractivity contribution is -0.159. The third-order valence-electron chi connectivity index (χ3n) is 2.40. The minimum atomic E-state index is -4.65. The molecule has 1 aromatic heterocycles. The van der Waals surface area contributed by atoms with E-state index in [1.165, 1.54) is 0 Å². The van der Waals surface area contributed by atoms with Gasteiger partial charge in [0.05, 0.1) is 6.04 Å². The van der Waals surface area contributed by atoms with Crippen molar-refractivity contribution in [2.75, 3.05) is 0 Å². The molecule has 7 heteroatoms. The highest BCUT2D eigenvalue weighted by Gasteiger charge is 2.39. The molecule has 1 unspecified atom stereocenters. The number of hydrogen-bond acceptors (Lipinski definition) is 4. The van der Waals surface area contributed by atoms with Crippen LogP contribution < -0.4 is 5.73 Å². The van der Waals surface area contributed by atoms with Gasteiger partial charge in [-0.15, -0.1) is 0 Å². The summed E-state index contributed by atoms with van der Waals surface area (Å²) in [6, 6.07) is 6.19. The van der Waals surface area contributed by atoms with Crippen molar-refractivity contribution in [1.29, 1.82) is 0 Å². The molecule has 4 nitrogen and oxygen atoms in total. The molecule has 0 aliphatic heterocycles. The number of benzene rings is 1. The summed E-state index contributed by atoms with van der Waals surface area (Å²) < 4.78 is 41.0. The largest absolute Gasteiger partial charge is 0.471 e. The molecule has 0 aliphatic rings. The van der Waals surface area contributed by atoms with Gasteiger partial charge in [0, 0.05) is 0 Å². The Hall–Kier alpha value is -1.89. The van der Waals surface area contributed by atoms with Gasteiger partial charge >= 0.3 is 12.1 Å². The van der Waals surface area contributed by atoms with Crippen molar-refractivity contribution in [3.05, 3.63) is 47.1 Å². The number of alkyl halides is 3. The normalized spacial score (nSPS) is 13.6. The van der Waals surface area contributed by atoms with Crippen molar-refractivity contribution in [2.24, 2.45) is 5.73 Å². The van der Waals surface area contributed by atoms with Crippen LogP contribution in [-0.4, -0.2) is 10.1 Å². The van der Waals surface area contributed by atoms with Crippen LogP contribution in [0.4, 0.5) is 13.2 Å². The van der Waals surface area contributed by atoms with E-state index >= 15 is 0 Å². The molecular formula is C11H10F3N3O. The Labute approximate surface area is 101 Å². The Bertz CT molecular complexity index is 533. The summed E-state index contributed by atoms with van der Waals surface area (Å²) in [5.74, 6) is -1.58. The van der Waals surface area contributed by atoms with Gasteiger partial charge in [-0.05, 0) is 12.5 Å². The number of rotatable bonds is 2. The second-order valence-electron chi connectivity index (χ2n) is 3.84. The highest BCUT2D eigenvalue weighted by atomic mass is 19.4. The van der Waals surface area contributed by atoms with E-state index in [4.69, 9.17) is 5.73 Å². The second-order valence-corrected chi connectivity index (χ2v) is 3.84. The number of halogens is 3. The first kappa shape index (κ1) is 12.6.